The average molecular weight is 357 g/mol. The third-order valence-electron chi connectivity index (χ3n) is 5.10. The highest BCUT2D eigenvalue weighted by molar-refractivity contribution is 5.77. The molecule has 5 nitrogen and oxygen atoms in total. The Balaban J connectivity index is 1.74. The molecule has 1 aromatic carbocycles. The lowest BCUT2D eigenvalue weighted by Gasteiger charge is -2.36. The Kier molecular flexibility index (Phi) is 5.49. The number of aromatic nitrogens is 2. The summed E-state index contributed by atoms with van der Waals surface area (Å²) < 4.78 is 13.6. The molecule has 6 heteroatoms. The van der Waals surface area contributed by atoms with E-state index in [4.69, 9.17) is 0 Å². The smallest absolute Gasteiger partial charge is 0.336 e. The van der Waals surface area contributed by atoms with Crippen LogP contribution in [0.25, 0.3) is 0 Å². The number of rotatable bonds is 4. The van der Waals surface area contributed by atoms with E-state index in [1.165, 1.54) is 12.1 Å². The van der Waals surface area contributed by atoms with E-state index in [-0.39, 0.29) is 23.5 Å². The topological polar surface area (TPSA) is 66.1 Å². The van der Waals surface area contributed by atoms with Gasteiger partial charge in [-0.2, -0.15) is 4.98 Å². The Morgan fingerprint density at radius 1 is 1.35 bits per heavy atom. The fraction of sp³-hybridized carbons (Fsp3) is 0.450. The second-order valence-electron chi connectivity index (χ2n) is 6.88. The third kappa shape index (κ3) is 4.00. The van der Waals surface area contributed by atoms with Gasteiger partial charge in [-0.15, -0.1) is 0 Å². The van der Waals surface area contributed by atoms with Crippen LogP contribution in [0.3, 0.4) is 0 Å². The Morgan fingerprint density at radius 3 is 2.88 bits per heavy atom. The first kappa shape index (κ1) is 18.3. The van der Waals surface area contributed by atoms with E-state index in [1.54, 1.807) is 13.0 Å². The highest BCUT2D eigenvalue weighted by Gasteiger charge is 2.28. The van der Waals surface area contributed by atoms with Crippen LogP contribution in [0.5, 0.6) is 0 Å². The molecule has 138 valence electrons. The molecule has 1 atom stereocenters. The van der Waals surface area contributed by atoms with E-state index < -0.39 is 0 Å². The molecule has 1 aromatic heterocycles. The third-order valence-corrected chi connectivity index (χ3v) is 5.10. The lowest BCUT2D eigenvalue weighted by molar-refractivity contribution is -0.135. The molecule has 1 N–H and O–H groups in total. The molecule has 2 heterocycles. The van der Waals surface area contributed by atoms with Crippen LogP contribution in [0.2, 0.25) is 0 Å². The van der Waals surface area contributed by atoms with Crippen molar-refractivity contribution in [3.8, 4) is 0 Å². The van der Waals surface area contributed by atoms with E-state index >= 15 is 0 Å². The van der Waals surface area contributed by atoms with E-state index in [9.17, 15) is 14.0 Å². The van der Waals surface area contributed by atoms with Crippen molar-refractivity contribution in [3.63, 3.8) is 0 Å². The minimum atomic E-state index is -0.364. The Hall–Kier alpha value is -2.50. The van der Waals surface area contributed by atoms with Gasteiger partial charge in [0.25, 0.3) is 0 Å². The molecule has 0 bridgehead atoms. The molecular formula is C20H24FN3O2. The molecule has 2 aromatic rings. The molecule has 0 unspecified atom stereocenters. The number of benzene rings is 1. The van der Waals surface area contributed by atoms with Crippen LogP contribution < -0.4 is 5.69 Å². The summed E-state index contributed by atoms with van der Waals surface area (Å²) in [7, 11) is 0. The summed E-state index contributed by atoms with van der Waals surface area (Å²) in [6, 6.07) is 6.46. The first-order valence-corrected chi connectivity index (χ1v) is 9.07. The highest BCUT2D eigenvalue weighted by Crippen LogP contribution is 2.32. The molecule has 0 saturated carbocycles. The van der Waals surface area contributed by atoms with Gasteiger partial charge in [0.2, 0.25) is 5.91 Å². The maximum absolute atomic E-state index is 13.6. The van der Waals surface area contributed by atoms with Gasteiger partial charge in [0, 0.05) is 24.4 Å². The predicted molar refractivity (Wildman–Crippen MR) is 97.4 cm³/mol. The molecule has 0 aliphatic carbocycles. The molecule has 1 fully saturated rings. The zero-order valence-electron chi connectivity index (χ0n) is 15.2. The number of aromatic amines is 1. The van der Waals surface area contributed by atoms with Crippen molar-refractivity contribution in [2.24, 2.45) is 0 Å². The van der Waals surface area contributed by atoms with Gasteiger partial charge in [-0.3, -0.25) is 4.79 Å². The van der Waals surface area contributed by atoms with E-state index in [2.05, 4.69) is 9.97 Å². The highest BCUT2D eigenvalue weighted by atomic mass is 19.1. The Bertz CT molecular complexity index is 836. The van der Waals surface area contributed by atoms with Crippen molar-refractivity contribution in [1.82, 2.24) is 14.9 Å². The Labute approximate surface area is 152 Å². The number of aryl methyl sites for hydroxylation is 2. The van der Waals surface area contributed by atoms with E-state index in [0.717, 1.165) is 36.1 Å². The lowest BCUT2D eigenvalue weighted by Crippen LogP contribution is -2.38. The van der Waals surface area contributed by atoms with E-state index in [0.29, 0.717) is 25.1 Å². The zero-order valence-corrected chi connectivity index (χ0v) is 15.2. The maximum Gasteiger partial charge on any atom is 0.345 e. The van der Waals surface area contributed by atoms with Crippen LogP contribution in [-0.4, -0.2) is 27.3 Å². The van der Waals surface area contributed by atoms with Crippen molar-refractivity contribution >= 4 is 5.91 Å². The number of nitrogens with one attached hydrogen (secondary N) is 1. The molecular weight excluding hydrogens is 333 g/mol. The summed E-state index contributed by atoms with van der Waals surface area (Å²) >= 11 is 0. The summed E-state index contributed by atoms with van der Waals surface area (Å²) in [5.74, 6) is -0.213. The van der Waals surface area contributed by atoms with Crippen LogP contribution in [0.1, 0.15) is 54.2 Å². The largest absolute Gasteiger partial charge is 0.345 e. The first-order valence-electron chi connectivity index (χ1n) is 9.07. The molecule has 1 aliphatic rings. The van der Waals surface area contributed by atoms with Crippen LogP contribution >= 0.6 is 0 Å². The fourth-order valence-corrected chi connectivity index (χ4v) is 3.79. The molecule has 3 rings (SSSR count). The van der Waals surface area contributed by atoms with Gasteiger partial charge in [0.05, 0.1) is 6.04 Å². The molecule has 1 aliphatic heterocycles. The first-order chi connectivity index (χ1) is 12.5. The fourth-order valence-electron chi connectivity index (χ4n) is 3.79. The number of likely N-dealkylation sites (tertiary alicyclic amines) is 1. The predicted octanol–water partition coefficient (Wildman–Crippen LogP) is 3.21. The lowest BCUT2D eigenvalue weighted by atomic mass is 9.94. The van der Waals surface area contributed by atoms with Gasteiger partial charge in [0.15, 0.2) is 0 Å². The van der Waals surface area contributed by atoms with Gasteiger partial charge in [-0.1, -0.05) is 12.1 Å². The van der Waals surface area contributed by atoms with Gasteiger partial charge in [-0.25, -0.2) is 9.18 Å². The van der Waals surface area contributed by atoms with Crippen LogP contribution in [0, 0.1) is 19.7 Å². The average Bonchev–Trinajstić information content (AvgIpc) is 2.60. The number of hydrogen-bond donors (Lipinski definition) is 1. The summed E-state index contributed by atoms with van der Waals surface area (Å²) in [5, 5.41) is 0. The van der Waals surface area contributed by atoms with Gasteiger partial charge in [0.1, 0.15) is 5.82 Å². The summed E-state index contributed by atoms with van der Waals surface area (Å²) in [5.41, 5.74) is 2.83. The van der Waals surface area contributed by atoms with Crippen molar-refractivity contribution < 1.29 is 9.18 Å². The van der Waals surface area contributed by atoms with Crippen LogP contribution in [0.4, 0.5) is 4.39 Å². The SMILES string of the molecule is Cc1nc(=O)[nH]c(C)c1CCC(=O)N1CCCC[C@H]1c1cccc(F)c1. The minimum absolute atomic E-state index is 0.0592. The molecule has 26 heavy (non-hydrogen) atoms. The zero-order chi connectivity index (χ0) is 18.7. The van der Waals surface area contributed by atoms with Crippen LogP contribution in [-0.2, 0) is 11.2 Å². The van der Waals surface area contributed by atoms with Crippen LogP contribution in [0.15, 0.2) is 29.1 Å². The summed E-state index contributed by atoms with van der Waals surface area (Å²) in [6.07, 6.45) is 3.74. The Morgan fingerprint density at radius 2 is 2.15 bits per heavy atom. The number of carbonyl (C=O) groups excluding carboxylic acids is 1. The number of nitrogens with zero attached hydrogens (tertiary/aromatic N) is 2. The van der Waals surface area contributed by atoms with E-state index in [1.807, 2.05) is 17.9 Å². The summed E-state index contributed by atoms with van der Waals surface area (Å²) in [4.78, 5) is 32.8. The quantitative estimate of drug-likeness (QED) is 0.914. The maximum atomic E-state index is 13.6. The van der Waals surface area contributed by atoms with Crippen molar-refractivity contribution in [1.29, 1.82) is 0 Å². The number of carbonyl (C=O) groups is 1. The monoisotopic (exact) mass is 357 g/mol. The second kappa shape index (κ2) is 7.81. The summed E-state index contributed by atoms with van der Waals surface area (Å²) in [6.45, 7) is 4.31. The molecule has 0 radical (unpaired) electrons. The number of piperidine rings is 1. The van der Waals surface area contributed by atoms with Crippen molar-refractivity contribution in [2.45, 2.75) is 52.0 Å². The minimum Gasteiger partial charge on any atom is -0.336 e. The standard InChI is InChI=1S/C20H24FN3O2/c1-13-17(14(2)23-20(26)22-13)9-10-19(25)24-11-4-3-8-18(24)15-6-5-7-16(21)12-15/h5-7,12,18H,3-4,8-11H2,1-2H3,(H,22,23,26)/t18-/m0/s1. The number of amides is 1. The normalized spacial score (nSPS) is 17.3. The second-order valence-corrected chi connectivity index (χ2v) is 6.88. The van der Waals surface area contributed by atoms with Crippen molar-refractivity contribution in [2.75, 3.05) is 6.54 Å². The van der Waals surface area contributed by atoms with Crippen molar-refractivity contribution in [3.05, 3.63) is 63.1 Å². The number of halogens is 1. The molecule has 1 saturated heterocycles. The van der Waals surface area contributed by atoms with Gasteiger partial charge >= 0.3 is 5.69 Å². The van der Waals surface area contributed by atoms with Gasteiger partial charge < -0.3 is 9.88 Å². The molecule has 1 amide bonds. The van der Waals surface area contributed by atoms with Gasteiger partial charge in [-0.05, 0) is 62.8 Å². The molecule has 0 spiro atoms. The number of hydrogen-bond acceptors (Lipinski definition) is 3. The number of H-pyrrole nitrogens is 1.